The molecule has 0 aliphatic heterocycles. The number of aryl methyl sites for hydroxylation is 1. The molecule has 0 aliphatic rings. The summed E-state index contributed by atoms with van der Waals surface area (Å²) in [5.41, 5.74) is 2.39. The summed E-state index contributed by atoms with van der Waals surface area (Å²) in [5.74, 6) is 0.0898. The van der Waals surface area contributed by atoms with E-state index in [1.807, 2.05) is 31.2 Å². The van der Waals surface area contributed by atoms with Gasteiger partial charge < -0.3 is 10.1 Å². The summed E-state index contributed by atoms with van der Waals surface area (Å²) in [6.07, 6.45) is 0. The number of sulfonamides is 1. The summed E-state index contributed by atoms with van der Waals surface area (Å²) in [4.78, 5) is 12.0. The highest BCUT2D eigenvalue weighted by Gasteiger charge is 2.15. The van der Waals surface area contributed by atoms with Crippen LogP contribution in [0.1, 0.15) is 11.1 Å². The van der Waals surface area contributed by atoms with Gasteiger partial charge in [0.2, 0.25) is 0 Å². The van der Waals surface area contributed by atoms with Crippen molar-refractivity contribution in [1.29, 1.82) is 0 Å². The zero-order chi connectivity index (χ0) is 22.4. The van der Waals surface area contributed by atoms with Gasteiger partial charge in [0, 0.05) is 16.6 Å². The van der Waals surface area contributed by atoms with Crippen LogP contribution in [0.3, 0.4) is 0 Å². The first kappa shape index (κ1) is 22.9. The third kappa shape index (κ3) is 6.89. The van der Waals surface area contributed by atoms with E-state index in [0.29, 0.717) is 22.3 Å². The van der Waals surface area contributed by atoms with Crippen LogP contribution in [0.5, 0.6) is 5.75 Å². The van der Waals surface area contributed by atoms with Crippen LogP contribution in [0.2, 0.25) is 10.0 Å². The number of carbonyl (C=O) groups excluding carboxylic acids is 1. The molecule has 0 atom stereocenters. The molecule has 0 aliphatic carbocycles. The van der Waals surface area contributed by atoms with Crippen LogP contribution < -0.4 is 14.8 Å². The summed E-state index contributed by atoms with van der Waals surface area (Å²) in [7, 11) is -3.84. The molecule has 0 bridgehead atoms. The maximum atomic E-state index is 12.5. The number of amides is 1. The van der Waals surface area contributed by atoms with Gasteiger partial charge in [-0.1, -0.05) is 53.0 Å². The highest BCUT2D eigenvalue weighted by Crippen LogP contribution is 2.25. The molecule has 31 heavy (non-hydrogen) atoms. The van der Waals surface area contributed by atoms with Crippen LogP contribution in [0.25, 0.3) is 0 Å². The highest BCUT2D eigenvalue weighted by molar-refractivity contribution is 7.92. The molecule has 0 saturated heterocycles. The van der Waals surface area contributed by atoms with Gasteiger partial charge in [-0.25, -0.2) is 8.42 Å². The average molecular weight is 479 g/mol. The molecule has 162 valence electrons. The summed E-state index contributed by atoms with van der Waals surface area (Å²) in [5, 5.41) is 3.40. The molecule has 0 unspecified atom stereocenters. The van der Waals surface area contributed by atoms with Crippen molar-refractivity contribution in [3.8, 4) is 5.75 Å². The minimum atomic E-state index is -3.84. The minimum absolute atomic E-state index is 0.0276. The maximum absolute atomic E-state index is 12.5. The van der Waals surface area contributed by atoms with Crippen molar-refractivity contribution >= 4 is 44.8 Å². The second-order valence-corrected chi connectivity index (χ2v) is 9.34. The van der Waals surface area contributed by atoms with Gasteiger partial charge >= 0.3 is 0 Å². The molecule has 1 amide bonds. The Labute approximate surface area is 191 Å². The van der Waals surface area contributed by atoms with Crippen molar-refractivity contribution in [2.75, 3.05) is 11.3 Å². The fourth-order valence-electron chi connectivity index (χ4n) is 2.65. The fraction of sp³-hybridized carbons (Fsp3) is 0.136. The van der Waals surface area contributed by atoms with Crippen LogP contribution in [-0.4, -0.2) is 20.9 Å². The minimum Gasteiger partial charge on any atom is -0.484 e. The van der Waals surface area contributed by atoms with Crippen LogP contribution in [0.4, 0.5) is 5.69 Å². The number of nitrogens with one attached hydrogen (secondary N) is 2. The Kier molecular flexibility index (Phi) is 7.43. The molecule has 0 radical (unpaired) electrons. The predicted octanol–water partition coefficient (Wildman–Crippen LogP) is 4.80. The number of carbonyl (C=O) groups is 1. The van der Waals surface area contributed by atoms with E-state index in [2.05, 4.69) is 10.0 Å². The quantitative estimate of drug-likeness (QED) is 0.486. The molecule has 3 rings (SSSR count). The normalized spacial score (nSPS) is 11.1. The Balaban J connectivity index is 1.54. The van der Waals surface area contributed by atoms with E-state index < -0.39 is 10.0 Å². The zero-order valence-corrected chi connectivity index (χ0v) is 18.9. The standard InChI is InChI=1S/C22H20Cl2N2O4S/c1-15-2-4-16(5-3-15)13-25-22(27)14-30-20-6-8-21(9-7-20)31(28,29)26-19-11-17(23)10-18(24)12-19/h2-12,26H,13-14H2,1H3,(H,25,27). The van der Waals surface area contributed by atoms with Crippen molar-refractivity contribution in [3.05, 3.63) is 87.9 Å². The molecular weight excluding hydrogens is 459 g/mol. The Morgan fingerprint density at radius 2 is 1.55 bits per heavy atom. The maximum Gasteiger partial charge on any atom is 0.261 e. The van der Waals surface area contributed by atoms with E-state index >= 15 is 0 Å². The molecule has 0 fully saturated rings. The van der Waals surface area contributed by atoms with Crippen LogP contribution in [0.15, 0.2) is 71.6 Å². The molecule has 0 saturated carbocycles. The monoisotopic (exact) mass is 478 g/mol. The van der Waals surface area contributed by atoms with Crippen LogP contribution >= 0.6 is 23.2 Å². The Bertz CT molecular complexity index is 1140. The van der Waals surface area contributed by atoms with E-state index in [4.69, 9.17) is 27.9 Å². The third-order valence-corrected chi connectivity index (χ3v) is 6.06. The van der Waals surface area contributed by atoms with E-state index in [0.717, 1.165) is 11.1 Å². The van der Waals surface area contributed by atoms with Crippen molar-refractivity contribution in [2.24, 2.45) is 0 Å². The van der Waals surface area contributed by atoms with Gasteiger partial charge in [-0.3, -0.25) is 9.52 Å². The van der Waals surface area contributed by atoms with E-state index in [9.17, 15) is 13.2 Å². The Hall–Kier alpha value is -2.74. The SMILES string of the molecule is Cc1ccc(CNC(=O)COc2ccc(S(=O)(=O)Nc3cc(Cl)cc(Cl)c3)cc2)cc1. The van der Waals surface area contributed by atoms with Gasteiger partial charge in [-0.2, -0.15) is 0 Å². The molecule has 0 spiro atoms. The van der Waals surface area contributed by atoms with Gasteiger partial charge in [0.1, 0.15) is 5.75 Å². The number of halogens is 2. The lowest BCUT2D eigenvalue weighted by Gasteiger charge is -2.11. The van der Waals surface area contributed by atoms with Gasteiger partial charge in [0.25, 0.3) is 15.9 Å². The highest BCUT2D eigenvalue weighted by atomic mass is 35.5. The first-order chi connectivity index (χ1) is 14.7. The zero-order valence-electron chi connectivity index (χ0n) is 16.6. The molecule has 3 aromatic rings. The second kappa shape index (κ2) is 10.0. The van der Waals surface area contributed by atoms with Crippen molar-refractivity contribution in [3.63, 3.8) is 0 Å². The topological polar surface area (TPSA) is 84.5 Å². The summed E-state index contributed by atoms with van der Waals surface area (Å²) in [6, 6.07) is 18.0. The van der Waals surface area contributed by atoms with Crippen molar-refractivity contribution < 1.29 is 17.9 Å². The lowest BCUT2D eigenvalue weighted by atomic mass is 10.1. The van der Waals surface area contributed by atoms with Crippen molar-refractivity contribution in [1.82, 2.24) is 5.32 Å². The lowest BCUT2D eigenvalue weighted by Crippen LogP contribution is -2.28. The third-order valence-electron chi connectivity index (χ3n) is 4.23. The van der Waals surface area contributed by atoms with Gasteiger partial charge in [0.15, 0.2) is 6.61 Å². The smallest absolute Gasteiger partial charge is 0.261 e. The largest absolute Gasteiger partial charge is 0.484 e. The summed E-state index contributed by atoms with van der Waals surface area (Å²) < 4.78 is 32.9. The van der Waals surface area contributed by atoms with E-state index in [1.165, 1.54) is 42.5 Å². The molecule has 0 aromatic heterocycles. The van der Waals surface area contributed by atoms with E-state index in [-0.39, 0.29) is 23.1 Å². The number of hydrogen-bond donors (Lipinski definition) is 2. The van der Waals surface area contributed by atoms with Gasteiger partial charge in [-0.05, 0) is 55.0 Å². The number of ether oxygens (including phenoxy) is 1. The molecule has 9 heteroatoms. The number of rotatable bonds is 8. The predicted molar refractivity (Wildman–Crippen MR) is 122 cm³/mol. The molecule has 6 nitrogen and oxygen atoms in total. The van der Waals surface area contributed by atoms with E-state index in [1.54, 1.807) is 0 Å². The van der Waals surface area contributed by atoms with Crippen LogP contribution in [-0.2, 0) is 21.4 Å². The number of anilines is 1. The average Bonchev–Trinajstić information content (AvgIpc) is 2.71. The Morgan fingerprint density at radius 3 is 2.16 bits per heavy atom. The van der Waals surface area contributed by atoms with Gasteiger partial charge in [-0.15, -0.1) is 0 Å². The summed E-state index contributed by atoms with van der Waals surface area (Å²) >= 11 is 11.8. The second-order valence-electron chi connectivity index (χ2n) is 6.79. The fourth-order valence-corrected chi connectivity index (χ4v) is 4.21. The molecule has 2 N–H and O–H groups in total. The lowest BCUT2D eigenvalue weighted by molar-refractivity contribution is -0.123. The molecular formula is C22H20Cl2N2O4S. The van der Waals surface area contributed by atoms with Gasteiger partial charge in [0.05, 0.1) is 10.6 Å². The molecule has 3 aromatic carbocycles. The molecule has 0 heterocycles. The Morgan fingerprint density at radius 1 is 0.935 bits per heavy atom. The first-order valence-corrected chi connectivity index (χ1v) is 11.5. The van der Waals surface area contributed by atoms with Crippen molar-refractivity contribution in [2.45, 2.75) is 18.4 Å². The number of hydrogen-bond acceptors (Lipinski definition) is 4. The first-order valence-electron chi connectivity index (χ1n) is 9.25. The number of benzene rings is 3. The summed E-state index contributed by atoms with van der Waals surface area (Å²) in [6.45, 7) is 2.21. The van der Waals surface area contributed by atoms with Crippen LogP contribution in [0, 0.1) is 6.92 Å².